The molecule has 0 bridgehead atoms. The molecule has 13 nitrogen and oxygen atoms in total. The van der Waals surface area contributed by atoms with Crippen LogP contribution in [0.3, 0.4) is 0 Å². The lowest BCUT2D eigenvalue weighted by atomic mass is 10.1. The van der Waals surface area contributed by atoms with Crippen molar-refractivity contribution in [3.05, 3.63) is 215 Å². The molecule has 9 aromatic heterocycles. The first-order valence-electron chi connectivity index (χ1n) is 36.2. The first-order chi connectivity index (χ1) is 47.6. The molecule has 0 fully saturated rings. The van der Waals surface area contributed by atoms with Crippen molar-refractivity contribution in [3.63, 3.8) is 0 Å². The maximum atomic E-state index is 5.09. The predicted molar refractivity (Wildman–Crippen MR) is 445 cm³/mol. The maximum absolute atomic E-state index is 5.09. The number of furan rings is 2. The van der Waals surface area contributed by atoms with E-state index < -0.39 is 0 Å². The molecule has 0 aromatic carbocycles. The molecule has 3 aliphatic heterocycles. The maximum Gasteiger partial charge on any atom is 0.106 e. The second-order valence-electron chi connectivity index (χ2n) is 28.4. The van der Waals surface area contributed by atoms with Crippen LogP contribution in [-0.4, -0.2) is 77.1 Å². The van der Waals surface area contributed by atoms with Crippen molar-refractivity contribution in [2.24, 2.45) is 53.9 Å². The highest BCUT2D eigenvalue weighted by Gasteiger charge is 2.08. The predicted octanol–water partition coefficient (Wildman–Crippen LogP) is 25.3. The molecule has 0 radical (unpaired) electrons. The highest BCUT2D eigenvalue weighted by Crippen LogP contribution is 2.23. The number of rotatable bonds is 12. The fourth-order valence-electron chi connectivity index (χ4n) is 8.41. The second kappa shape index (κ2) is 52.1. The third-order valence-corrected chi connectivity index (χ3v) is 19.1. The summed E-state index contributed by atoms with van der Waals surface area (Å²) in [5, 5.41) is 23.2. The molecule has 9 aromatic rings. The van der Waals surface area contributed by atoms with E-state index in [1.54, 1.807) is 52.8 Å². The Kier molecular flexibility index (Phi) is 47.5. The van der Waals surface area contributed by atoms with Crippen LogP contribution < -0.4 is 0 Å². The minimum absolute atomic E-state index is 0.519. The molecule has 12 heterocycles. The molecule has 0 atom stereocenters. The number of hydrogen-bond acceptors (Lipinski definition) is 14. The van der Waals surface area contributed by atoms with E-state index in [4.69, 9.17) is 8.83 Å². The Morgan fingerprint density at radius 2 is 1.20 bits per heavy atom. The lowest BCUT2D eigenvalue weighted by Gasteiger charge is -2.02. The van der Waals surface area contributed by atoms with E-state index in [9.17, 15) is 0 Å². The van der Waals surface area contributed by atoms with Gasteiger partial charge in [-0.2, -0.15) is 26.6 Å². The monoisotopic (exact) mass is 1450 g/mol. The normalized spacial score (nSPS) is 12.2. The first-order valence-corrected chi connectivity index (χ1v) is 39.7. The second-order valence-corrected chi connectivity index (χ2v) is 32.5. The van der Waals surface area contributed by atoms with Crippen molar-refractivity contribution in [3.8, 4) is 0 Å². The molecule has 0 amide bonds. The number of aryl methyl sites for hydroxylation is 5. The zero-order valence-corrected chi connectivity index (χ0v) is 70.7. The van der Waals surface area contributed by atoms with Crippen molar-refractivity contribution >= 4 is 63.5 Å². The molecule has 558 valence electrons. The Balaban J connectivity index is 0.000000551. The highest BCUT2D eigenvalue weighted by molar-refractivity contribution is 7.11. The molecule has 12 rings (SSSR count). The van der Waals surface area contributed by atoms with E-state index in [1.807, 2.05) is 134 Å². The number of aromatic nitrogens is 8. The summed E-state index contributed by atoms with van der Waals surface area (Å²) in [7, 11) is 5.84. The fraction of sp³-hybridized carbons (Fsp3) is 0.524. The van der Waals surface area contributed by atoms with Crippen LogP contribution in [0, 0.1) is 31.6 Å². The quantitative estimate of drug-likeness (QED) is 0.118. The van der Waals surface area contributed by atoms with E-state index in [0.717, 1.165) is 31.1 Å². The van der Waals surface area contributed by atoms with E-state index >= 15 is 0 Å². The smallest absolute Gasteiger partial charge is 0.106 e. The van der Waals surface area contributed by atoms with Crippen molar-refractivity contribution in [1.29, 1.82) is 0 Å². The average Bonchev–Trinajstić information content (AvgIpc) is 1.82. The number of aliphatic imine (C=N–C) groups is 3. The zero-order chi connectivity index (χ0) is 76.1. The minimum Gasteiger partial charge on any atom is -0.472 e. The van der Waals surface area contributed by atoms with Gasteiger partial charge in [0.25, 0.3) is 0 Å². The van der Waals surface area contributed by atoms with Crippen LogP contribution in [-0.2, 0) is 21.1 Å². The Morgan fingerprint density at radius 3 is 1.44 bits per heavy atom. The lowest BCUT2D eigenvalue weighted by Crippen LogP contribution is -2.00. The van der Waals surface area contributed by atoms with Gasteiger partial charge in [0.15, 0.2) is 0 Å². The Labute approximate surface area is 628 Å². The number of hydrogen-bond donors (Lipinski definition) is 0. The van der Waals surface area contributed by atoms with Gasteiger partial charge in [0.05, 0.1) is 66.0 Å². The van der Waals surface area contributed by atoms with Gasteiger partial charge in [0.2, 0.25) is 0 Å². The third kappa shape index (κ3) is 41.7. The van der Waals surface area contributed by atoms with Crippen molar-refractivity contribution in [2.75, 3.05) is 19.6 Å². The van der Waals surface area contributed by atoms with Crippen molar-refractivity contribution in [2.45, 2.75) is 233 Å². The molecule has 0 unspecified atom stereocenters. The van der Waals surface area contributed by atoms with Gasteiger partial charge in [-0.15, -0.1) is 34.0 Å². The fourth-order valence-corrected chi connectivity index (χ4v) is 11.5. The summed E-state index contributed by atoms with van der Waals surface area (Å²) in [5.74, 6) is 8.45. The SMILES string of the molecule is CC(C)C1=CC=NC1.CC(C)C1=CCN=C1.CC(C)C1=NCC=C1.CC(C)c1ccco1.CC(C)c1cccs1.CC(C)c1ccn(C)n1.CC(C)c1ccnn1C.CC(C)c1ccoc1.CC(C)c1ccsc1.CC(C)c1cnn(C)c1.Cc1nc(C(C)C)cs1.Cc1ncc(C(C)C)s1. The lowest BCUT2D eigenvalue weighted by molar-refractivity contribution is 0.487. The summed E-state index contributed by atoms with van der Waals surface area (Å²) in [4.78, 5) is 23.7. The van der Waals surface area contributed by atoms with E-state index in [2.05, 4.69) is 270 Å². The van der Waals surface area contributed by atoms with E-state index in [1.165, 1.54) is 64.7 Å². The van der Waals surface area contributed by atoms with Gasteiger partial charge in [-0.05, 0) is 178 Å². The number of allylic oxidation sites excluding steroid dienone is 3. The highest BCUT2D eigenvalue weighted by atomic mass is 32.1. The van der Waals surface area contributed by atoms with Gasteiger partial charge in [-0.3, -0.25) is 29.0 Å². The summed E-state index contributed by atoms with van der Waals surface area (Å²) in [5.41, 5.74) is 11.8. The first kappa shape index (κ1) is 92.1. The van der Waals surface area contributed by atoms with Gasteiger partial charge in [0, 0.05) is 90.8 Å². The summed E-state index contributed by atoms with van der Waals surface area (Å²) in [6.45, 7) is 58.9. The van der Waals surface area contributed by atoms with Crippen molar-refractivity contribution in [1.82, 2.24) is 39.3 Å². The van der Waals surface area contributed by atoms with Crippen molar-refractivity contribution < 1.29 is 8.83 Å². The summed E-state index contributed by atoms with van der Waals surface area (Å²) >= 11 is 7.11. The molecule has 3 aliphatic rings. The third-order valence-electron chi connectivity index (χ3n) is 15.3. The molecule has 17 heteroatoms. The molecular weight excluding hydrogens is 1320 g/mol. The molecular formula is C84H131N11O2S4. The van der Waals surface area contributed by atoms with Crippen LogP contribution in [0.1, 0.15) is 279 Å². The molecule has 0 saturated heterocycles. The number of nitrogens with zero attached hydrogens (tertiary/aromatic N) is 11. The summed E-state index contributed by atoms with van der Waals surface area (Å²) in [6, 6.07) is 16.4. The number of thiophene rings is 2. The average molecular weight is 1460 g/mol. The van der Waals surface area contributed by atoms with Crippen LogP contribution in [0.15, 0.2) is 179 Å². The van der Waals surface area contributed by atoms with Gasteiger partial charge < -0.3 is 8.83 Å². The van der Waals surface area contributed by atoms with Crippen LogP contribution in [0.2, 0.25) is 0 Å². The van der Waals surface area contributed by atoms with Gasteiger partial charge in [-0.25, -0.2) is 9.97 Å². The standard InChI is InChI=1S/3C7H12N2.2C7H11NS.3C7H11N.2C7H10O.2C7H10S/c1-6(2)7-4-8-9(3)5-7;1-6(2)7-4-5-9(3)8-7;1-6(2)7-4-5-8-9(7)3;1-5(2)7-4-9-6(3)8-7;1-5(2)7-4-8-6(3)9-7;2*1-6(2)7-3-4-8-5-7;1-6(2)7-4-3-5-8-7;1-6(2)7-3-4-8-5-7;1-6(2)7-4-3-5-8-7;1-6(2)7-3-4-8-5-7;1-6(2)7-4-3-5-8-7/h3*4-6H,1-3H3;2*4-5H,1-3H3;3,5-6H,4H2,1-2H3;2*3-4,6H,5H2,1-2H3;4*3-6H,1-2H3. The Morgan fingerprint density at radius 1 is 0.525 bits per heavy atom. The molecule has 0 N–H and O–H groups in total. The molecule has 0 aliphatic carbocycles. The minimum atomic E-state index is 0.519. The molecule has 101 heavy (non-hydrogen) atoms. The van der Waals surface area contributed by atoms with E-state index in [0.29, 0.717) is 71.0 Å². The van der Waals surface area contributed by atoms with E-state index in [-0.39, 0.29) is 0 Å². The van der Waals surface area contributed by atoms with Crippen LogP contribution >= 0.6 is 45.3 Å². The summed E-state index contributed by atoms with van der Waals surface area (Å²) in [6.07, 6.45) is 27.2. The van der Waals surface area contributed by atoms with Gasteiger partial charge >= 0.3 is 0 Å². The Hall–Kier alpha value is -6.92. The van der Waals surface area contributed by atoms with Gasteiger partial charge in [-0.1, -0.05) is 184 Å². The molecule has 0 spiro atoms. The topological polar surface area (TPSA) is 143 Å². The molecule has 0 saturated carbocycles. The summed E-state index contributed by atoms with van der Waals surface area (Å²) < 4.78 is 15.5. The van der Waals surface area contributed by atoms with Crippen LogP contribution in [0.5, 0.6) is 0 Å². The van der Waals surface area contributed by atoms with Crippen LogP contribution in [0.25, 0.3) is 0 Å². The zero-order valence-electron chi connectivity index (χ0n) is 67.4. The Bertz CT molecular complexity index is 3260. The van der Waals surface area contributed by atoms with Gasteiger partial charge in [0.1, 0.15) is 5.76 Å². The largest absolute Gasteiger partial charge is 0.472 e. The number of thiazole rings is 2. The van der Waals surface area contributed by atoms with Crippen LogP contribution in [0.4, 0.5) is 0 Å².